The minimum atomic E-state index is -0.899. The van der Waals surface area contributed by atoms with Gasteiger partial charge in [-0.15, -0.1) is 11.8 Å². The van der Waals surface area contributed by atoms with Gasteiger partial charge in [-0.05, 0) is 37.0 Å². The summed E-state index contributed by atoms with van der Waals surface area (Å²) < 4.78 is 0.726. The first-order valence-corrected chi connectivity index (χ1v) is 11.3. The SMILES string of the molecule is O=C(O)CSc1cnc(NC(=O)N(CC2CCCC2)c2ccc(Cl)cc2Cl)s1. The molecule has 0 aliphatic heterocycles. The number of aromatic nitrogens is 1. The van der Waals surface area contributed by atoms with Crippen LogP contribution in [-0.2, 0) is 4.79 Å². The monoisotopic (exact) mass is 459 g/mol. The number of nitrogens with one attached hydrogen (secondary N) is 1. The first-order valence-electron chi connectivity index (χ1n) is 8.76. The lowest BCUT2D eigenvalue weighted by Gasteiger charge is -2.26. The van der Waals surface area contributed by atoms with E-state index in [0.717, 1.165) is 17.1 Å². The lowest BCUT2D eigenvalue weighted by Crippen LogP contribution is -2.38. The van der Waals surface area contributed by atoms with Crippen LogP contribution in [0.25, 0.3) is 0 Å². The maximum absolute atomic E-state index is 13.0. The fourth-order valence-corrected chi connectivity index (χ4v) is 5.21. The van der Waals surface area contributed by atoms with E-state index in [9.17, 15) is 9.59 Å². The van der Waals surface area contributed by atoms with E-state index in [2.05, 4.69) is 10.3 Å². The summed E-state index contributed by atoms with van der Waals surface area (Å²) in [6, 6.07) is 4.76. The molecule has 150 valence electrons. The molecule has 28 heavy (non-hydrogen) atoms. The Balaban J connectivity index is 1.75. The number of carboxylic acid groups (broad SMARTS) is 1. The normalized spacial score (nSPS) is 14.2. The molecule has 1 aromatic heterocycles. The minimum absolute atomic E-state index is 0.0518. The quantitative estimate of drug-likeness (QED) is 0.506. The second-order valence-electron chi connectivity index (χ2n) is 6.45. The number of carbonyl (C=O) groups excluding carboxylic acids is 1. The summed E-state index contributed by atoms with van der Waals surface area (Å²) in [4.78, 5) is 29.5. The lowest BCUT2D eigenvalue weighted by atomic mass is 10.1. The van der Waals surface area contributed by atoms with Gasteiger partial charge in [-0.25, -0.2) is 9.78 Å². The Kier molecular flexibility index (Phi) is 7.45. The number of rotatable bonds is 7. The highest BCUT2D eigenvalue weighted by atomic mass is 35.5. The second kappa shape index (κ2) is 9.82. The average molecular weight is 460 g/mol. The Morgan fingerprint density at radius 3 is 2.75 bits per heavy atom. The van der Waals surface area contributed by atoms with Crippen molar-refractivity contribution >= 4 is 69.1 Å². The average Bonchev–Trinajstić information content (AvgIpc) is 3.30. The summed E-state index contributed by atoms with van der Waals surface area (Å²) in [5.74, 6) is -0.524. The Labute approximate surface area is 181 Å². The maximum atomic E-state index is 13.0. The fourth-order valence-electron chi connectivity index (χ4n) is 3.12. The number of hydrogen-bond acceptors (Lipinski definition) is 5. The maximum Gasteiger partial charge on any atom is 0.328 e. The van der Waals surface area contributed by atoms with Crippen LogP contribution >= 0.6 is 46.3 Å². The van der Waals surface area contributed by atoms with E-state index in [0.29, 0.717) is 33.3 Å². The zero-order chi connectivity index (χ0) is 20.1. The first-order chi connectivity index (χ1) is 13.4. The molecule has 0 atom stereocenters. The van der Waals surface area contributed by atoms with Crippen molar-refractivity contribution in [3.8, 4) is 0 Å². The van der Waals surface area contributed by atoms with Crippen molar-refractivity contribution in [2.75, 3.05) is 22.5 Å². The summed E-state index contributed by atoms with van der Waals surface area (Å²) >= 11 is 14.8. The molecule has 1 fully saturated rings. The highest BCUT2D eigenvalue weighted by molar-refractivity contribution is 8.01. The van der Waals surface area contributed by atoms with Gasteiger partial charge in [0.1, 0.15) is 0 Å². The van der Waals surface area contributed by atoms with Crippen LogP contribution in [0.4, 0.5) is 15.6 Å². The highest BCUT2D eigenvalue weighted by Crippen LogP contribution is 2.34. The zero-order valence-corrected chi connectivity index (χ0v) is 18.0. The molecule has 0 unspecified atom stereocenters. The molecule has 2 amide bonds. The van der Waals surface area contributed by atoms with Crippen molar-refractivity contribution < 1.29 is 14.7 Å². The molecule has 0 spiro atoms. The van der Waals surface area contributed by atoms with Gasteiger partial charge in [-0.2, -0.15) is 0 Å². The number of urea groups is 1. The Morgan fingerprint density at radius 2 is 2.07 bits per heavy atom. The van der Waals surface area contributed by atoms with Gasteiger partial charge in [0.2, 0.25) is 0 Å². The Hall–Kier alpha value is -1.48. The molecule has 0 saturated heterocycles. The third-order valence-electron chi connectivity index (χ3n) is 4.40. The van der Waals surface area contributed by atoms with E-state index in [1.54, 1.807) is 29.3 Å². The summed E-state index contributed by atoms with van der Waals surface area (Å²) in [6.45, 7) is 0.569. The highest BCUT2D eigenvalue weighted by Gasteiger charge is 2.25. The van der Waals surface area contributed by atoms with Crippen LogP contribution in [0, 0.1) is 5.92 Å². The first kappa shape index (κ1) is 21.2. The van der Waals surface area contributed by atoms with Crippen molar-refractivity contribution in [1.29, 1.82) is 0 Å². The molecular weight excluding hydrogens is 441 g/mol. The van der Waals surface area contributed by atoms with Crippen LogP contribution in [0.5, 0.6) is 0 Å². The predicted molar refractivity (Wildman–Crippen MR) is 115 cm³/mol. The Bertz CT molecular complexity index is 856. The molecule has 1 saturated carbocycles. The van der Waals surface area contributed by atoms with Crippen LogP contribution < -0.4 is 10.2 Å². The number of aliphatic carboxylic acids is 1. The number of hydrogen-bond donors (Lipinski definition) is 2. The number of anilines is 2. The van der Waals surface area contributed by atoms with Gasteiger partial charge >= 0.3 is 12.0 Å². The molecule has 2 N–H and O–H groups in total. The fraction of sp³-hybridized carbons (Fsp3) is 0.389. The van der Waals surface area contributed by atoms with Crippen molar-refractivity contribution in [2.24, 2.45) is 5.92 Å². The Morgan fingerprint density at radius 1 is 1.32 bits per heavy atom. The van der Waals surface area contributed by atoms with E-state index in [1.165, 1.54) is 35.9 Å². The standard InChI is InChI=1S/C18H19Cl2N3O3S2/c19-12-5-6-14(13(20)7-12)23(9-11-3-1-2-4-11)18(26)22-17-21-8-16(28-17)27-10-15(24)25/h5-8,11H,1-4,9-10H2,(H,24,25)(H,21,22,26). The summed E-state index contributed by atoms with van der Waals surface area (Å²) in [6.07, 6.45) is 6.07. The van der Waals surface area contributed by atoms with E-state index < -0.39 is 5.97 Å². The third kappa shape index (κ3) is 5.76. The number of thiazole rings is 1. The minimum Gasteiger partial charge on any atom is -0.481 e. The molecule has 10 heteroatoms. The number of carbonyl (C=O) groups is 2. The molecule has 2 aromatic rings. The topological polar surface area (TPSA) is 82.5 Å². The summed E-state index contributed by atoms with van der Waals surface area (Å²) in [5.41, 5.74) is 0.604. The molecule has 0 bridgehead atoms. The molecule has 1 aliphatic carbocycles. The van der Waals surface area contributed by atoms with Crippen LogP contribution in [-0.4, -0.2) is 34.4 Å². The number of carboxylic acids is 1. The molecule has 3 rings (SSSR count). The lowest BCUT2D eigenvalue weighted by molar-refractivity contribution is -0.133. The largest absolute Gasteiger partial charge is 0.481 e. The third-order valence-corrected chi connectivity index (χ3v) is 7.03. The molecule has 1 aliphatic rings. The van der Waals surface area contributed by atoms with Gasteiger partial charge in [0.15, 0.2) is 5.13 Å². The number of nitrogens with zero attached hydrogens (tertiary/aromatic N) is 2. The van der Waals surface area contributed by atoms with Gasteiger partial charge < -0.3 is 5.11 Å². The van der Waals surface area contributed by atoms with Crippen molar-refractivity contribution in [1.82, 2.24) is 4.98 Å². The molecule has 1 aromatic carbocycles. The van der Waals surface area contributed by atoms with E-state index >= 15 is 0 Å². The van der Waals surface area contributed by atoms with E-state index in [1.807, 2.05) is 0 Å². The molecular formula is C18H19Cl2N3O3S2. The number of benzene rings is 1. The number of thioether (sulfide) groups is 1. The van der Waals surface area contributed by atoms with Crippen LogP contribution in [0.2, 0.25) is 10.0 Å². The smallest absolute Gasteiger partial charge is 0.328 e. The van der Waals surface area contributed by atoms with E-state index in [4.69, 9.17) is 28.3 Å². The number of halogens is 2. The molecule has 0 radical (unpaired) electrons. The second-order valence-corrected chi connectivity index (χ2v) is 9.60. The zero-order valence-electron chi connectivity index (χ0n) is 14.9. The van der Waals surface area contributed by atoms with Gasteiger partial charge in [-0.3, -0.25) is 15.0 Å². The van der Waals surface area contributed by atoms with Gasteiger partial charge in [0.25, 0.3) is 0 Å². The summed E-state index contributed by atoms with van der Waals surface area (Å²) in [7, 11) is 0. The predicted octanol–water partition coefficient (Wildman–Crippen LogP) is 5.86. The van der Waals surface area contributed by atoms with Crippen LogP contribution in [0.1, 0.15) is 25.7 Å². The number of amides is 2. The van der Waals surface area contributed by atoms with Gasteiger partial charge in [0.05, 0.1) is 26.9 Å². The van der Waals surface area contributed by atoms with Gasteiger partial charge in [0, 0.05) is 11.6 Å². The summed E-state index contributed by atoms with van der Waals surface area (Å²) in [5, 5.41) is 12.9. The van der Waals surface area contributed by atoms with Crippen molar-refractivity contribution in [3.63, 3.8) is 0 Å². The molecule has 1 heterocycles. The molecule has 6 nitrogen and oxygen atoms in total. The van der Waals surface area contributed by atoms with Gasteiger partial charge in [-0.1, -0.05) is 47.4 Å². The van der Waals surface area contributed by atoms with E-state index in [-0.39, 0.29) is 11.8 Å². The van der Waals surface area contributed by atoms with Crippen LogP contribution in [0.3, 0.4) is 0 Å². The van der Waals surface area contributed by atoms with Crippen molar-refractivity contribution in [2.45, 2.75) is 29.9 Å². The van der Waals surface area contributed by atoms with Crippen LogP contribution in [0.15, 0.2) is 28.6 Å². The van der Waals surface area contributed by atoms with Crippen molar-refractivity contribution in [3.05, 3.63) is 34.4 Å².